The van der Waals surface area contributed by atoms with Gasteiger partial charge in [-0.15, -0.1) is 0 Å². The smallest absolute Gasteiger partial charge is 0.353 e. The Kier molecular flexibility index (Phi) is 4.17. The summed E-state index contributed by atoms with van der Waals surface area (Å²) in [5.74, 6) is -2.86. The molecule has 0 bridgehead atoms. The number of aromatic hydroxyl groups is 1. The Morgan fingerprint density at radius 1 is 1.20 bits per heavy atom. The fourth-order valence-electron chi connectivity index (χ4n) is 2.34. The number of rotatable bonds is 4. The first kappa shape index (κ1) is 16.2. The minimum Gasteiger partial charge on any atom is -0.506 e. The number of pyridine rings is 1. The van der Waals surface area contributed by atoms with E-state index in [9.17, 15) is 19.5 Å². The third-order valence-corrected chi connectivity index (χ3v) is 3.50. The average Bonchev–Trinajstić information content (AvgIpc) is 2.60. The van der Waals surface area contributed by atoms with Crippen LogP contribution in [0.15, 0.2) is 51.9 Å². The summed E-state index contributed by atoms with van der Waals surface area (Å²) < 4.78 is 5.12. The molecule has 3 N–H and O–H groups in total. The van der Waals surface area contributed by atoms with Crippen LogP contribution in [0.25, 0.3) is 22.1 Å². The van der Waals surface area contributed by atoms with E-state index in [0.717, 1.165) is 5.56 Å². The molecule has 25 heavy (non-hydrogen) atoms. The van der Waals surface area contributed by atoms with Crippen molar-refractivity contribution < 1.29 is 24.2 Å². The van der Waals surface area contributed by atoms with Crippen LogP contribution in [-0.4, -0.2) is 33.6 Å². The summed E-state index contributed by atoms with van der Waals surface area (Å²) in [5, 5.41) is 21.0. The van der Waals surface area contributed by atoms with Gasteiger partial charge in [0.2, 0.25) is 0 Å². The molecule has 3 aromatic rings. The Balaban J connectivity index is 2.07. The molecule has 3 rings (SSSR count). The number of carboxylic acids is 1. The SMILES string of the molecule is O=C(O)CNC(=O)c1c(O)c2ccc(-c3cccnc3)cc2oc1=O. The van der Waals surface area contributed by atoms with Crippen LogP contribution in [0, 0.1) is 0 Å². The van der Waals surface area contributed by atoms with Gasteiger partial charge in [0.25, 0.3) is 5.91 Å². The zero-order valence-electron chi connectivity index (χ0n) is 12.7. The van der Waals surface area contributed by atoms with Crippen LogP contribution >= 0.6 is 0 Å². The number of hydrogen-bond donors (Lipinski definition) is 3. The Hall–Kier alpha value is -3.68. The van der Waals surface area contributed by atoms with Gasteiger partial charge in [0.05, 0.1) is 5.39 Å². The number of nitrogens with zero attached hydrogens (tertiary/aromatic N) is 1. The van der Waals surface area contributed by atoms with Gasteiger partial charge in [-0.1, -0.05) is 12.1 Å². The molecule has 0 spiro atoms. The van der Waals surface area contributed by atoms with Gasteiger partial charge in [-0.05, 0) is 23.8 Å². The summed E-state index contributed by atoms with van der Waals surface area (Å²) in [5.41, 5.74) is -0.0983. The predicted octanol–water partition coefficient (Wildman–Crippen LogP) is 1.37. The standard InChI is InChI=1S/C17H12N2O6/c20-13(21)8-19-16(23)14-15(22)11-4-3-9(6-12(11)25-17(14)24)10-2-1-5-18-7-10/h1-7,22H,8H2,(H,19,23)(H,20,21). The van der Waals surface area contributed by atoms with Gasteiger partial charge in [-0.2, -0.15) is 0 Å². The van der Waals surface area contributed by atoms with Crippen LogP contribution in [0.3, 0.4) is 0 Å². The zero-order chi connectivity index (χ0) is 18.0. The number of aromatic nitrogens is 1. The number of amides is 1. The van der Waals surface area contributed by atoms with E-state index in [4.69, 9.17) is 9.52 Å². The summed E-state index contributed by atoms with van der Waals surface area (Å²) in [7, 11) is 0. The van der Waals surface area contributed by atoms with E-state index in [0.29, 0.717) is 5.56 Å². The van der Waals surface area contributed by atoms with E-state index in [2.05, 4.69) is 4.98 Å². The Morgan fingerprint density at radius 3 is 2.68 bits per heavy atom. The maximum absolute atomic E-state index is 12.0. The summed E-state index contributed by atoms with van der Waals surface area (Å²) in [4.78, 5) is 38.5. The van der Waals surface area contributed by atoms with Gasteiger partial charge in [0.15, 0.2) is 5.56 Å². The molecule has 0 unspecified atom stereocenters. The zero-order valence-corrected chi connectivity index (χ0v) is 12.7. The van der Waals surface area contributed by atoms with E-state index < -0.39 is 35.4 Å². The topological polar surface area (TPSA) is 130 Å². The average molecular weight is 340 g/mol. The number of carboxylic acid groups (broad SMARTS) is 1. The minimum absolute atomic E-state index is 0.0960. The molecule has 2 heterocycles. The predicted molar refractivity (Wildman–Crippen MR) is 87.3 cm³/mol. The van der Waals surface area contributed by atoms with Gasteiger partial charge in [-0.25, -0.2) is 4.79 Å². The lowest BCUT2D eigenvalue weighted by atomic mass is 10.0. The molecule has 8 heteroatoms. The van der Waals surface area contributed by atoms with Gasteiger partial charge in [-0.3, -0.25) is 14.6 Å². The molecule has 0 radical (unpaired) electrons. The first-order chi connectivity index (χ1) is 12.0. The molecular formula is C17H12N2O6. The third kappa shape index (κ3) is 3.18. The lowest BCUT2D eigenvalue weighted by molar-refractivity contribution is -0.135. The van der Waals surface area contributed by atoms with Crippen LogP contribution in [0.5, 0.6) is 5.75 Å². The van der Waals surface area contributed by atoms with Gasteiger partial charge >= 0.3 is 11.6 Å². The highest BCUT2D eigenvalue weighted by Crippen LogP contribution is 2.30. The van der Waals surface area contributed by atoms with Crippen molar-refractivity contribution in [3.8, 4) is 16.9 Å². The van der Waals surface area contributed by atoms with Gasteiger partial charge in [0, 0.05) is 18.0 Å². The van der Waals surface area contributed by atoms with E-state index in [1.807, 2.05) is 11.4 Å². The molecule has 0 aliphatic rings. The number of benzene rings is 1. The molecule has 1 aromatic carbocycles. The quantitative estimate of drug-likeness (QED) is 0.612. The van der Waals surface area contributed by atoms with Crippen molar-refractivity contribution in [2.24, 2.45) is 0 Å². The number of carbonyl (C=O) groups is 2. The fourth-order valence-corrected chi connectivity index (χ4v) is 2.34. The van der Waals surface area contributed by atoms with Crippen molar-refractivity contribution >= 4 is 22.8 Å². The molecule has 0 aliphatic heterocycles. The normalized spacial score (nSPS) is 10.6. The number of aliphatic carboxylic acids is 1. The van der Waals surface area contributed by atoms with Crippen molar-refractivity contribution in [2.45, 2.75) is 0 Å². The lowest BCUT2D eigenvalue weighted by Gasteiger charge is -2.08. The fraction of sp³-hybridized carbons (Fsp3) is 0.0588. The molecule has 0 saturated heterocycles. The van der Waals surface area contributed by atoms with Crippen LogP contribution in [0.4, 0.5) is 0 Å². The monoisotopic (exact) mass is 340 g/mol. The number of nitrogens with one attached hydrogen (secondary N) is 1. The van der Waals surface area contributed by atoms with Crippen LogP contribution in [0.2, 0.25) is 0 Å². The van der Waals surface area contributed by atoms with Gasteiger partial charge in [0.1, 0.15) is 17.9 Å². The van der Waals surface area contributed by atoms with Crippen LogP contribution < -0.4 is 10.9 Å². The molecule has 0 saturated carbocycles. The Bertz CT molecular complexity index is 1030. The van der Waals surface area contributed by atoms with E-state index in [1.54, 1.807) is 30.6 Å². The van der Waals surface area contributed by atoms with Crippen molar-refractivity contribution in [3.05, 3.63) is 58.7 Å². The molecule has 0 fully saturated rings. The lowest BCUT2D eigenvalue weighted by Crippen LogP contribution is -2.32. The second-order valence-corrected chi connectivity index (χ2v) is 5.14. The Morgan fingerprint density at radius 2 is 2.00 bits per heavy atom. The molecule has 8 nitrogen and oxygen atoms in total. The first-order valence-corrected chi connectivity index (χ1v) is 7.17. The van der Waals surface area contributed by atoms with Crippen LogP contribution in [-0.2, 0) is 4.79 Å². The Labute approximate surface area is 140 Å². The highest BCUT2D eigenvalue weighted by Gasteiger charge is 2.21. The molecule has 0 atom stereocenters. The number of hydrogen-bond acceptors (Lipinski definition) is 6. The van der Waals surface area contributed by atoms with Crippen molar-refractivity contribution in [2.75, 3.05) is 6.54 Å². The van der Waals surface area contributed by atoms with Crippen molar-refractivity contribution in [3.63, 3.8) is 0 Å². The van der Waals surface area contributed by atoms with Gasteiger partial charge < -0.3 is 19.9 Å². The molecule has 2 aromatic heterocycles. The van der Waals surface area contributed by atoms with E-state index in [1.165, 1.54) is 6.07 Å². The summed E-state index contributed by atoms with van der Waals surface area (Å²) in [6.45, 7) is -0.685. The van der Waals surface area contributed by atoms with Crippen molar-refractivity contribution in [1.29, 1.82) is 0 Å². The molecule has 126 valence electrons. The maximum atomic E-state index is 12.0. The van der Waals surface area contributed by atoms with Crippen LogP contribution in [0.1, 0.15) is 10.4 Å². The maximum Gasteiger partial charge on any atom is 0.353 e. The summed E-state index contributed by atoms with van der Waals surface area (Å²) in [6, 6.07) is 8.30. The first-order valence-electron chi connectivity index (χ1n) is 7.17. The molecule has 1 amide bonds. The third-order valence-electron chi connectivity index (χ3n) is 3.50. The second-order valence-electron chi connectivity index (χ2n) is 5.14. The summed E-state index contributed by atoms with van der Waals surface area (Å²) >= 11 is 0. The van der Waals surface area contributed by atoms with Crippen molar-refractivity contribution in [1.82, 2.24) is 10.3 Å². The highest BCUT2D eigenvalue weighted by molar-refractivity contribution is 6.02. The number of fused-ring (bicyclic) bond motifs is 1. The largest absolute Gasteiger partial charge is 0.506 e. The highest BCUT2D eigenvalue weighted by atomic mass is 16.4. The summed E-state index contributed by atoms with van der Waals surface area (Å²) in [6.07, 6.45) is 3.26. The van der Waals surface area contributed by atoms with E-state index in [-0.39, 0.29) is 11.0 Å². The molecular weight excluding hydrogens is 328 g/mol. The second kappa shape index (κ2) is 6.44. The molecule has 0 aliphatic carbocycles. The minimum atomic E-state index is -1.28. The van der Waals surface area contributed by atoms with E-state index >= 15 is 0 Å². The number of carbonyl (C=O) groups excluding carboxylic acids is 1.